The molecule has 25 heavy (non-hydrogen) atoms. The molecule has 0 bridgehead atoms. The first kappa shape index (κ1) is 15.7. The molecular formula is C17H21N5O3. The van der Waals surface area contributed by atoms with E-state index < -0.39 is 0 Å². The van der Waals surface area contributed by atoms with E-state index in [1.807, 2.05) is 24.3 Å². The molecule has 0 fully saturated rings. The molecule has 2 amide bonds. The van der Waals surface area contributed by atoms with E-state index in [1.165, 1.54) is 0 Å². The Morgan fingerprint density at radius 2 is 2.08 bits per heavy atom. The summed E-state index contributed by atoms with van der Waals surface area (Å²) in [5.74, 6) is 3.25. The van der Waals surface area contributed by atoms with Crippen molar-refractivity contribution in [2.45, 2.75) is 38.5 Å². The molecule has 1 aromatic carbocycles. The van der Waals surface area contributed by atoms with Gasteiger partial charge in [-0.1, -0.05) is 12.1 Å². The minimum absolute atomic E-state index is 0.207. The molecule has 0 aliphatic carbocycles. The zero-order chi connectivity index (χ0) is 17.1. The highest BCUT2D eigenvalue weighted by molar-refractivity contribution is 5.73. The molecular weight excluding hydrogens is 322 g/mol. The van der Waals surface area contributed by atoms with Gasteiger partial charge < -0.3 is 24.7 Å². The summed E-state index contributed by atoms with van der Waals surface area (Å²) in [5, 5.41) is 14.0. The number of aryl methyl sites for hydroxylation is 1. The summed E-state index contributed by atoms with van der Waals surface area (Å²) < 4.78 is 13.5. The fraction of sp³-hybridized carbons (Fsp3) is 0.471. The topological polar surface area (TPSA) is 90.3 Å². The van der Waals surface area contributed by atoms with Gasteiger partial charge >= 0.3 is 6.03 Å². The molecule has 1 atom stereocenters. The number of nitrogens with one attached hydrogen (secondary N) is 2. The molecule has 0 saturated carbocycles. The smallest absolute Gasteiger partial charge is 0.315 e. The van der Waals surface area contributed by atoms with Crippen LogP contribution < -0.4 is 20.1 Å². The van der Waals surface area contributed by atoms with Crippen molar-refractivity contribution >= 4 is 6.03 Å². The first-order valence-electron chi connectivity index (χ1n) is 8.61. The Morgan fingerprint density at radius 3 is 3.00 bits per heavy atom. The van der Waals surface area contributed by atoms with Crippen molar-refractivity contribution in [3.63, 3.8) is 0 Å². The van der Waals surface area contributed by atoms with Crippen molar-refractivity contribution in [3.05, 3.63) is 35.9 Å². The quantitative estimate of drug-likeness (QED) is 0.872. The van der Waals surface area contributed by atoms with Crippen LogP contribution in [0.4, 0.5) is 4.79 Å². The van der Waals surface area contributed by atoms with Crippen LogP contribution in [0.1, 0.15) is 24.5 Å². The van der Waals surface area contributed by atoms with Crippen LogP contribution in [-0.2, 0) is 19.5 Å². The van der Waals surface area contributed by atoms with E-state index in [0.717, 1.165) is 43.2 Å². The molecule has 2 aliphatic heterocycles. The van der Waals surface area contributed by atoms with Gasteiger partial charge in [-0.3, -0.25) is 0 Å². The number of hydrogen-bond acceptors (Lipinski definition) is 5. The van der Waals surface area contributed by atoms with Gasteiger partial charge in [-0.15, -0.1) is 10.2 Å². The third-order valence-electron chi connectivity index (χ3n) is 4.40. The van der Waals surface area contributed by atoms with Crippen molar-refractivity contribution in [2.75, 3.05) is 13.2 Å². The van der Waals surface area contributed by atoms with Gasteiger partial charge in [-0.25, -0.2) is 4.79 Å². The number of urea groups is 1. The maximum Gasteiger partial charge on any atom is 0.315 e. The Balaban J connectivity index is 1.24. The number of aromatic nitrogens is 3. The van der Waals surface area contributed by atoms with E-state index in [2.05, 4.69) is 25.4 Å². The molecule has 2 aromatic rings. The number of hydrogen-bond donors (Lipinski definition) is 2. The largest absolute Gasteiger partial charge is 0.486 e. The van der Waals surface area contributed by atoms with Gasteiger partial charge in [0.05, 0.1) is 13.1 Å². The maximum absolute atomic E-state index is 12.0. The normalized spacial score (nSPS) is 18.3. The van der Waals surface area contributed by atoms with E-state index in [-0.39, 0.29) is 12.1 Å². The summed E-state index contributed by atoms with van der Waals surface area (Å²) in [5.41, 5.74) is 0. The van der Waals surface area contributed by atoms with Crippen LogP contribution in [0.25, 0.3) is 0 Å². The van der Waals surface area contributed by atoms with Crippen molar-refractivity contribution in [1.29, 1.82) is 0 Å². The second kappa shape index (κ2) is 7.00. The second-order valence-electron chi connectivity index (χ2n) is 6.20. The summed E-state index contributed by atoms with van der Waals surface area (Å²) in [6.45, 7) is 2.07. The summed E-state index contributed by atoms with van der Waals surface area (Å²) in [6, 6.07) is 7.26. The minimum atomic E-state index is -0.254. The lowest BCUT2D eigenvalue weighted by atomic mass is 10.2. The predicted molar refractivity (Wildman–Crippen MR) is 89.6 cm³/mol. The number of amides is 2. The van der Waals surface area contributed by atoms with Crippen LogP contribution in [0.3, 0.4) is 0 Å². The molecule has 4 rings (SSSR count). The van der Waals surface area contributed by atoms with Crippen molar-refractivity contribution in [3.8, 4) is 11.5 Å². The lowest BCUT2D eigenvalue weighted by Crippen LogP contribution is -2.44. The number of rotatable bonds is 4. The Hall–Kier alpha value is -2.77. The number of carbonyl (C=O) groups excluding carboxylic acids is 1. The standard InChI is InChI=1S/C17H21N5O3/c23-17(19-10-16-21-20-15-7-3-4-8-22(15)16)18-9-12-11-24-13-5-1-2-6-14(13)25-12/h1-2,5-6,12H,3-4,7-11H2,(H2,18,19,23). The summed E-state index contributed by atoms with van der Waals surface area (Å²) in [4.78, 5) is 12.0. The molecule has 0 spiro atoms. The number of carbonyl (C=O) groups is 1. The molecule has 2 aliphatic rings. The van der Waals surface area contributed by atoms with E-state index in [9.17, 15) is 4.79 Å². The molecule has 8 nitrogen and oxygen atoms in total. The van der Waals surface area contributed by atoms with E-state index >= 15 is 0 Å². The zero-order valence-corrected chi connectivity index (χ0v) is 13.9. The zero-order valence-electron chi connectivity index (χ0n) is 13.9. The van der Waals surface area contributed by atoms with Crippen molar-refractivity contribution in [2.24, 2.45) is 0 Å². The molecule has 1 unspecified atom stereocenters. The molecule has 0 radical (unpaired) electrons. The number of ether oxygens (including phenoxy) is 2. The van der Waals surface area contributed by atoms with Gasteiger partial charge in [-0.05, 0) is 25.0 Å². The van der Waals surface area contributed by atoms with Crippen LogP contribution in [0.5, 0.6) is 11.5 Å². The third-order valence-corrected chi connectivity index (χ3v) is 4.40. The SMILES string of the molecule is O=C(NCc1nnc2n1CCCC2)NCC1COc2ccccc2O1. The van der Waals surface area contributed by atoms with E-state index in [0.29, 0.717) is 25.4 Å². The van der Waals surface area contributed by atoms with Gasteiger partial charge in [0.2, 0.25) is 0 Å². The third kappa shape index (κ3) is 3.52. The predicted octanol–water partition coefficient (Wildman–Crippen LogP) is 1.25. The maximum atomic E-state index is 12.0. The number of fused-ring (bicyclic) bond motifs is 2. The van der Waals surface area contributed by atoms with Crippen molar-refractivity contribution in [1.82, 2.24) is 25.4 Å². The van der Waals surface area contributed by atoms with Crippen molar-refractivity contribution < 1.29 is 14.3 Å². The molecule has 3 heterocycles. The lowest BCUT2D eigenvalue weighted by molar-refractivity contribution is 0.0918. The Morgan fingerprint density at radius 1 is 1.20 bits per heavy atom. The highest BCUT2D eigenvalue weighted by Gasteiger charge is 2.21. The van der Waals surface area contributed by atoms with Crippen LogP contribution in [0.15, 0.2) is 24.3 Å². The second-order valence-corrected chi connectivity index (χ2v) is 6.20. The van der Waals surface area contributed by atoms with Gasteiger partial charge in [0.25, 0.3) is 0 Å². The fourth-order valence-electron chi connectivity index (χ4n) is 3.09. The van der Waals surface area contributed by atoms with Gasteiger partial charge in [-0.2, -0.15) is 0 Å². The Kier molecular flexibility index (Phi) is 4.41. The number of nitrogens with zero attached hydrogens (tertiary/aromatic N) is 3. The van der Waals surface area contributed by atoms with Crippen LogP contribution >= 0.6 is 0 Å². The summed E-state index contributed by atoms with van der Waals surface area (Å²) >= 11 is 0. The van der Waals surface area contributed by atoms with Gasteiger partial charge in [0.1, 0.15) is 12.4 Å². The van der Waals surface area contributed by atoms with E-state index in [4.69, 9.17) is 9.47 Å². The van der Waals surface area contributed by atoms with Crippen LogP contribution in [0, 0.1) is 0 Å². The van der Waals surface area contributed by atoms with Gasteiger partial charge in [0.15, 0.2) is 23.4 Å². The first-order valence-corrected chi connectivity index (χ1v) is 8.61. The van der Waals surface area contributed by atoms with E-state index in [1.54, 1.807) is 0 Å². The average Bonchev–Trinajstić information content (AvgIpc) is 3.08. The molecule has 8 heteroatoms. The molecule has 1 aromatic heterocycles. The minimum Gasteiger partial charge on any atom is -0.486 e. The highest BCUT2D eigenvalue weighted by atomic mass is 16.6. The van der Waals surface area contributed by atoms with Crippen LogP contribution in [0.2, 0.25) is 0 Å². The Labute approximate surface area is 145 Å². The first-order chi connectivity index (χ1) is 12.3. The number of benzene rings is 1. The highest BCUT2D eigenvalue weighted by Crippen LogP contribution is 2.30. The average molecular weight is 343 g/mol. The molecule has 2 N–H and O–H groups in total. The lowest BCUT2D eigenvalue weighted by Gasteiger charge is -2.26. The monoisotopic (exact) mass is 343 g/mol. The fourth-order valence-corrected chi connectivity index (χ4v) is 3.09. The summed E-state index contributed by atoms with van der Waals surface area (Å²) in [6.07, 6.45) is 3.03. The van der Waals surface area contributed by atoms with Gasteiger partial charge in [0, 0.05) is 13.0 Å². The summed E-state index contributed by atoms with van der Waals surface area (Å²) in [7, 11) is 0. The Bertz CT molecular complexity index is 760. The molecule has 132 valence electrons. The van der Waals surface area contributed by atoms with Crippen LogP contribution in [-0.4, -0.2) is 40.1 Å². The number of para-hydroxylation sites is 2. The molecule has 0 saturated heterocycles.